The summed E-state index contributed by atoms with van der Waals surface area (Å²) in [7, 11) is 3.18. The zero-order valence-corrected chi connectivity index (χ0v) is 25.2. The number of nitrogens with two attached hydrogens (primary N) is 1. The number of primary amides is 1. The molecule has 228 valence electrons. The molecule has 1 amide bonds. The highest BCUT2D eigenvalue weighted by Gasteiger charge is 2.63. The van der Waals surface area contributed by atoms with E-state index < -0.39 is 58.0 Å². The number of rotatable bonds is 7. The number of fused-ring (bicyclic) bond motifs is 3. The van der Waals surface area contributed by atoms with Crippen molar-refractivity contribution < 1.29 is 34.8 Å². The number of phenolic OH excluding ortho intramolecular Hbond substituents is 1. The van der Waals surface area contributed by atoms with Crippen LogP contribution in [-0.2, 0) is 22.6 Å². The average molecular weight is 610 g/mol. The molecule has 11 heteroatoms. The smallest absolute Gasteiger partial charge is 0.255 e. The summed E-state index contributed by atoms with van der Waals surface area (Å²) < 4.78 is 0. The Morgan fingerprint density at radius 2 is 1.81 bits per heavy atom. The lowest BCUT2D eigenvalue weighted by molar-refractivity contribution is -0.148. The van der Waals surface area contributed by atoms with Crippen molar-refractivity contribution in [2.24, 2.45) is 17.6 Å². The quantitative estimate of drug-likeness (QED) is 0.296. The van der Waals surface area contributed by atoms with Crippen molar-refractivity contribution >= 4 is 29.1 Å². The van der Waals surface area contributed by atoms with Crippen LogP contribution < -0.4 is 5.73 Å². The second kappa shape index (κ2) is 11.1. The number of amides is 1. The second-order valence-electron chi connectivity index (χ2n) is 11.8. The predicted molar refractivity (Wildman–Crippen MR) is 160 cm³/mol. The van der Waals surface area contributed by atoms with Gasteiger partial charge in [-0.3, -0.25) is 24.2 Å². The fraction of sp³-hybridized carbons (Fsp3) is 0.406. The Hall–Kier alpha value is -3.70. The summed E-state index contributed by atoms with van der Waals surface area (Å²) >= 11 is 6.95. The molecule has 0 bridgehead atoms. The Kier molecular flexibility index (Phi) is 7.93. The number of aliphatic hydroxyl groups excluding tert-OH is 2. The van der Waals surface area contributed by atoms with Crippen molar-refractivity contribution in [3.63, 3.8) is 0 Å². The van der Waals surface area contributed by atoms with Gasteiger partial charge < -0.3 is 26.2 Å². The number of carbonyl (C=O) groups excluding carboxylic acids is 3. The Bertz CT molecular complexity index is 1580. The zero-order valence-electron chi connectivity index (χ0n) is 24.5. The third-order valence-corrected chi connectivity index (χ3v) is 9.81. The fourth-order valence-corrected chi connectivity index (χ4v) is 7.44. The van der Waals surface area contributed by atoms with Gasteiger partial charge in [0.1, 0.15) is 22.8 Å². The molecule has 0 aliphatic heterocycles. The molecule has 43 heavy (non-hydrogen) atoms. The van der Waals surface area contributed by atoms with Crippen LogP contribution >= 0.6 is 11.6 Å². The van der Waals surface area contributed by atoms with Gasteiger partial charge in [0.15, 0.2) is 11.4 Å². The normalized spacial score (nSPS) is 26.0. The third-order valence-electron chi connectivity index (χ3n) is 9.34. The van der Waals surface area contributed by atoms with Crippen molar-refractivity contribution in [2.45, 2.75) is 50.9 Å². The lowest BCUT2D eigenvalue weighted by Gasteiger charge is -2.50. The van der Waals surface area contributed by atoms with E-state index in [0.717, 1.165) is 5.56 Å². The van der Waals surface area contributed by atoms with Gasteiger partial charge in [0.05, 0.1) is 11.6 Å². The Balaban J connectivity index is 1.58. The standard InChI is InChI=1S/C32H36ClN3O7/c1-5-36(15(2)16-9-7-6-8-10-16)14-18-13-21(37)23-19(25(18)33)11-17-12-20-26(35(3)4)28(39)24(31(34)42)30(41)32(20,43)29(40)22(17)27(23)38/h6-10,13,15,17,20,26,37,39-40,43H,5,11-12,14H2,1-4H3,(H2,34,42)/t15?,17-,20-,26-,32-/m0/s1. The largest absolute Gasteiger partial charge is 0.510 e. The molecule has 2 aromatic carbocycles. The number of aromatic hydroxyl groups is 1. The Morgan fingerprint density at radius 3 is 2.40 bits per heavy atom. The van der Waals surface area contributed by atoms with E-state index in [2.05, 4.69) is 11.8 Å². The topological polar surface area (TPSA) is 165 Å². The number of allylic oxidation sites excluding steroid dienone is 1. The second-order valence-corrected chi connectivity index (χ2v) is 12.2. The minimum atomic E-state index is -2.68. The molecule has 1 unspecified atom stereocenters. The molecule has 3 aliphatic carbocycles. The first kappa shape index (κ1) is 30.7. The summed E-state index contributed by atoms with van der Waals surface area (Å²) in [6.07, 6.45) is 0.133. The van der Waals surface area contributed by atoms with Gasteiger partial charge in [-0.05, 0) is 69.1 Å². The van der Waals surface area contributed by atoms with Crippen LogP contribution in [0.1, 0.15) is 53.4 Å². The van der Waals surface area contributed by atoms with Gasteiger partial charge in [0.2, 0.25) is 5.78 Å². The van der Waals surface area contributed by atoms with Gasteiger partial charge >= 0.3 is 0 Å². The maximum atomic E-state index is 13.9. The fourth-order valence-electron chi connectivity index (χ4n) is 7.15. The number of hydrogen-bond donors (Lipinski definition) is 5. The van der Waals surface area contributed by atoms with E-state index in [9.17, 15) is 34.8 Å². The van der Waals surface area contributed by atoms with Crippen LogP contribution in [0.3, 0.4) is 0 Å². The van der Waals surface area contributed by atoms with E-state index >= 15 is 0 Å². The summed E-state index contributed by atoms with van der Waals surface area (Å²) in [4.78, 5) is 43.2. The number of Topliss-reactive ketones (excluding diaryl/α,β-unsaturated/α-hetero) is 2. The van der Waals surface area contributed by atoms with Crippen LogP contribution in [-0.4, -0.2) is 80.0 Å². The minimum Gasteiger partial charge on any atom is -0.510 e. The van der Waals surface area contributed by atoms with Crippen LogP contribution in [0.4, 0.5) is 0 Å². The number of hydrogen-bond acceptors (Lipinski definition) is 9. The molecule has 0 aromatic heterocycles. The molecule has 0 spiro atoms. The summed E-state index contributed by atoms with van der Waals surface area (Å²) in [6.45, 7) is 5.19. The van der Waals surface area contributed by atoms with Crippen LogP contribution in [0.25, 0.3) is 0 Å². The molecule has 0 radical (unpaired) electrons. The molecule has 5 rings (SSSR count). The van der Waals surface area contributed by atoms with Crippen LogP contribution in [0.15, 0.2) is 59.1 Å². The molecule has 6 N–H and O–H groups in total. The highest BCUT2D eigenvalue weighted by molar-refractivity contribution is 6.33. The average Bonchev–Trinajstić information content (AvgIpc) is 2.95. The van der Waals surface area contributed by atoms with E-state index in [1.807, 2.05) is 37.3 Å². The lowest BCUT2D eigenvalue weighted by Crippen LogP contribution is -2.63. The van der Waals surface area contributed by atoms with Gasteiger partial charge in [0.25, 0.3) is 5.91 Å². The predicted octanol–water partition coefficient (Wildman–Crippen LogP) is 3.36. The molecule has 2 aromatic rings. The molecule has 0 fully saturated rings. The SMILES string of the molecule is CCN(Cc1cc(O)c2c(c1Cl)C[C@H]1C[C@H]3[C@H](N(C)C)C(O)=C(C(N)=O)C(=O)[C@@]3(O)C(O)=C1C2=O)C(C)c1ccccc1. The first-order valence-corrected chi connectivity index (χ1v) is 14.6. The van der Waals surface area contributed by atoms with E-state index in [1.54, 1.807) is 14.1 Å². The van der Waals surface area contributed by atoms with Crippen molar-refractivity contribution in [2.75, 3.05) is 20.6 Å². The van der Waals surface area contributed by atoms with Gasteiger partial charge in [-0.25, -0.2) is 0 Å². The molecule has 0 heterocycles. The molecular weight excluding hydrogens is 574 g/mol. The van der Waals surface area contributed by atoms with E-state index in [1.165, 1.54) is 11.0 Å². The van der Waals surface area contributed by atoms with Crippen molar-refractivity contribution in [3.05, 3.63) is 86.3 Å². The van der Waals surface area contributed by atoms with E-state index in [0.29, 0.717) is 29.2 Å². The maximum Gasteiger partial charge on any atom is 0.255 e. The van der Waals surface area contributed by atoms with Gasteiger partial charge in [0, 0.05) is 29.1 Å². The Labute approximate surface area is 254 Å². The zero-order chi connectivity index (χ0) is 31.5. The number of halogens is 1. The van der Waals surface area contributed by atoms with Crippen molar-refractivity contribution in [3.8, 4) is 5.75 Å². The molecule has 3 aliphatic rings. The summed E-state index contributed by atoms with van der Waals surface area (Å²) in [6, 6.07) is 10.4. The number of carbonyl (C=O) groups is 3. The number of aliphatic hydroxyl groups is 3. The van der Waals surface area contributed by atoms with Crippen LogP contribution in [0, 0.1) is 11.8 Å². The highest BCUT2D eigenvalue weighted by Crippen LogP contribution is 2.53. The lowest BCUT2D eigenvalue weighted by atomic mass is 9.58. The summed E-state index contributed by atoms with van der Waals surface area (Å²) in [5, 5.41) is 45.5. The molecule has 0 saturated heterocycles. The first-order chi connectivity index (χ1) is 20.2. The molecule has 10 nitrogen and oxygen atoms in total. The first-order valence-electron chi connectivity index (χ1n) is 14.2. The van der Waals surface area contributed by atoms with Gasteiger partial charge in [-0.2, -0.15) is 0 Å². The van der Waals surface area contributed by atoms with Crippen LogP contribution in [0.2, 0.25) is 5.02 Å². The molecular formula is C32H36ClN3O7. The van der Waals surface area contributed by atoms with E-state index in [4.69, 9.17) is 17.3 Å². The molecule has 5 atom stereocenters. The number of benzene rings is 2. The monoisotopic (exact) mass is 609 g/mol. The highest BCUT2D eigenvalue weighted by atomic mass is 35.5. The number of ketones is 2. The number of phenols is 1. The van der Waals surface area contributed by atoms with Crippen molar-refractivity contribution in [1.82, 2.24) is 9.80 Å². The summed E-state index contributed by atoms with van der Waals surface area (Å²) in [5.74, 6) is -6.93. The minimum absolute atomic E-state index is 0.000787. The van der Waals surface area contributed by atoms with E-state index in [-0.39, 0.29) is 35.8 Å². The van der Waals surface area contributed by atoms with Gasteiger partial charge in [-0.15, -0.1) is 0 Å². The number of nitrogens with zero attached hydrogens (tertiary/aromatic N) is 2. The maximum absolute atomic E-state index is 13.9. The van der Waals surface area contributed by atoms with Crippen molar-refractivity contribution in [1.29, 1.82) is 0 Å². The van der Waals surface area contributed by atoms with Crippen LogP contribution in [0.5, 0.6) is 5.75 Å². The molecule has 0 saturated carbocycles. The Morgan fingerprint density at radius 1 is 1.16 bits per heavy atom. The summed E-state index contributed by atoms with van der Waals surface area (Å²) in [5.41, 5.74) is 3.71. The van der Waals surface area contributed by atoms with Gasteiger partial charge in [-0.1, -0.05) is 48.9 Å². The number of likely N-dealkylation sites (N-methyl/N-ethyl adjacent to an activating group) is 1. The third kappa shape index (κ3) is 4.64.